The van der Waals surface area contributed by atoms with Gasteiger partial charge in [-0.3, -0.25) is 9.59 Å². The Labute approximate surface area is 196 Å². The zero-order chi connectivity index (χ0) is 23.6. The van der Waals surface area contributed by atoms with Gasteiger partial charge in [-0.1, -0.05) is 63.2 Å². The summed E-state index contributed by atoms with van der Waals surface area (Å²) < 4.78 is 6.13. The molecular formula is C27H35N3O3. The highest BCUT2D eigenvalue weighted by Gasteiger charge is 2.44. The molecule has 2 amide bonds. The molecule has 1 aliphatic heterocycles. The van der Waals surface area contributed by atoms with Gasteiger partial charge in [0.15, 0.2) is 0 Å². The van der Waals surface area contributed by atoms with Gasteiger partial charge >= 0.3 is 0 Å². The van der Waals surface area contributed by atoms with E-state index in [1.54, 1.807) is 4.90 Å². The number of hydrogen-bond donors (Lipinski definition) is 2. The lowest BCUT2D eigenvalue weighted by atomic mass is 9.86. The van der Waals surface area contributed by atoms with Crippen LogP contribution in [0.25, 0.3) is 0 Å². The van der Waals surface area contributed by atoms with Crippen molar-refractivity contribution in [2.24, 2.45) is 11.1 Å². The van der Waals surface area contributed by atoms with Crippen LogP contribution in [-0.2, 0) is 16.0 Å². The third-order valence-corrected chi connectivity index (χ3v) is 6.78. The zero-order valence-corrected chi connectivity index (χ0v) is 19.8. The fraction of sp³-hybridized carbons (Fsp3) is 0.481. The second-order valence-corrected chi connectivity index (χ2v) is 10.3. The maximum absolute atomic E-state index is 13.5. The second kappa shape index (κ2) is 9.56. The monoisotopic (exact) mass is 449 g/mol. The van der Waals surface area contributed by atoms with Crippen molar-refractivity contribution in [1.29, 1.82) is 0 Å². The lowest BCUT2D eigenvalue weighted by molar-refractivity contribution is -0.141. The molecule has 33 heavy (non-hydrogen) atoms. The van der Waals surface area contributed by atoms with Gasteiger partial charge in [-0.2, -0.15) is 0 Å². The molecule has 2 aliphatic rings. The minimum absolute atomic E-state index is 0.0372. The van der Waals surface area contributed by atoms with Crippen LogP contribution in [0.3, 0.4) is 0 Å². The van der Waals surface area contributed by atoms with Crippen molar-refractivity contribution in [3.05, 3.63) is 65.7 Å². The van der Waals surface area contributed by atoms with Crippen molar-refractivity contribution >= 4 is 11.8 Å². The van der Waals surface area contributed by atoms with Crippen LogP contribution in [0.15, 0.2) is 54.6 Å². The molecule has 4 atom stereocenters. The first-order valence-electron chi connectivity index (χ1n) is 11.9. The van der Waals surface area contributed by atoms with E-state index < -0.39 is 17.5 Å². The second-order valence-electron chi connectivity index (χ2n) is 10.3. The van der Waals surface area contributed by atoms with Crippen LogP contribution in [0.1, 0.15) is 57.2 Å². The maximum Gasteiger partial charge on any atom is 0.243 e. The fourth-order valence-electron chi connectivity index (χ4n) is 4.79. The molecule has 0 bridgehead atoms. The molecule has 2 aromatic rings. The molecule has 1 fully saturated rings. The van der Waals surface area contributed by atoms with Gasteiger partial charge < -0.3 is 20.7 Å². The van der Waals surface area contributed by atoms with Crippen LogP contribution in [0, 0.1) is 5.41 Å². The molecule has 4 rings (SSSR count). The molecule has 1 aliphatic carbocycles. The third kappa shape index (κ3) is 5.22. The van der Waals surface area contributed by atoms with Gasteiger partial charge in [0, 0.05) is 6.42 Å². The number of ether oxygens (including phenoxy) is 1. The number of aryl methyl sites for hydroxylation is 1. The summed E-state index contributed by atoms with van der Waals surface area (Å²) in [7, 11) is 0. The molecule has 1 saturated heterocycles. The normalized spacial score (nSPS) is 23.5. The summed E-state index contributed by atoms with van der Waals surface area (Å²) in [5.41, 5.74) is 8.38. The molecule has 0 unspecified atom stereocenters. The van der Waals surface area contributed by atoms with Crippen molar-refractivity contribution in [1.82, 2.24) is 10.2 Å². The highest BCUT2D eigenvalue weighted by molar-refractivity contribution is 5.91. The molecule has 0 spiro atoms. The number of nitrogens with two attached hydrogens (primary N) is 1. The molecule has 6 heteroatoms. The molecule has 3 N–H and O–H groups in total. The first-order chi connectivity index (χ1) is 15.7. The van der Waals surface area contributed by atoms with E-state index in [0.29, 0.717) is 13.0 Å². The number of benzene rings is 2. The van der Waals surface area contributed by atoms with Crippen molar-refractivity contribution in [2.45, 2.75) is 70.7 Å². The van der Waals surface area contributed by atoms with Crippen LogP contribution in [0.5, 0.6) is 5.75 Å². The average Bonchev–Trinajstić information content (AvgIpc) is 3.22. The number of nitrogens with one attached hydrogen (secondary N) is 1. The predicted molar refractivity (Wildman–Crippen MR) is 129 cm³/mol. The largest absolute Gasteiger partial charge is 0.488 e. The Morgan fingerprint density at radius 1 is 1.09 bits per heavy atom. The summed E-state index contributed by atoms with van der Waals surface area (Å²) in [6.45, 7) is 6.17. The van der Waals surface area contributed by atoms with Gasteiger partial charge in [-0.15, -0.1) is 0 Å². The van der Waals surface area contributed by atoms with Crippen molar-refractivity contribution in [3.63, 3.8) is 0 Å². The van der Waals surface area contributed by atoms with E-state index in [2.05, 4.69) is 17.4 Å². The van der Waals surface area contributed by atoms with Gasteiger partial charge in [0.25, 0.3) is 0 Å². The summed E-state index contributed by atoms with van der Waals surface area (Å²) in [5, 5.41) is 3.23. The molecule has 1 heterocycles. The first-order valence-corrected chi connectivity index (χ1v) is 11.9. The zero-order valence-electron chi connectivity index (χ0n) is 19.8. The number of fused-ring (bicyclic) bond motifs is 1. The van der Waals surface area contributed by atoms with E-state index in [1.807, 2.05) is 63.2 Å². The van der Waals surface area contributed by atoms with Crippen molar-refractivity contribution in [2.75, 3.05) is 6.54 Å². The summed E-state index contributed by atoms with van der Waals surface area (Å²) >= 11 is 0. The highest BCUT2D eigenvalue weighted by Crippen LogP contribution is 2.31. The number of amides is 2. The van der Waals surface area contributed by atoms with Crippen LogP contribution in [0.2, 0.25) is 0 Å². The molecule has 6 nitrogen and oxygen atoms in total. The highest BCUT2D eigenvalue weighted by atomic mass is 16.5. The number of nitrogens with zero attached hydrogens (tertiary/aromatic N) is 1. The van der Waals surface area contributed by atoms with Crippen molar-refractivity contribution in [3.8, 4) is 5.75 Å². The summed E-state index contributed by atoms with van der Waals surface area (Å²) in [5.74, 6) is 0.397. The number of hydrogen-bond acceptors (Lipinski definition) is 4. The number of carbonyl (C=O) groups excluding carboxylic acids is 2. The van der Waals surface area contributed by atoms with Crippen LogP contribution in [-0.4, -0.2) is 41.4 Å². The smallest absolute Gasteiger partial charge is 0.243 e. The quantitative estimate of drug-likeness (QED) is 0.730. The van der Waals surface area contributed by atoms with E-state index in [1.165, 1.54) is 11.1 Å². The molecular weight excluding hydrogens is 414 g/mol. The van der Waals surface area contributed by atoms with E-state index in [9.17, 15) is 9.59 Å². The summed E-state index contributed by atoms with van der Waals surface area (Å²) in [6.07, 6.45) is 3.14. The Morgan fingerprint density at radius 2 is 1.79 bits per heavy atom. The first kappa shape index (κ1) is 23.3. The van der Waals surface area contributed by atoms with Gasteiger partial charge in [0.05, 0.1) is 18.6 Å². The summed E-state index contributed by atoms with van der Waals surface area (Å²) in [4.78, 5) is 28.5. The predicted octanol–water partition coefficient (Wildman–Crippen LogP) is 3.60. The van der Waals surface area contributed by atoms with E-state index in [-0.39, 0.29) is 24.0 Å². The Bertz CT molecular complexity index is 986. The Morgan fingerprint density at radius 3 is 2.52 bits per heavy atom. The van der Waals surface area contributed by atoms with Gasteiger partial charge in [-0.25, -0.2) is 0 Å². The van der Waals surface area contributed by atoms with Crippen LogP contribution in [0.4, 0.5) is 0 Å². The minimum atomic E-state index is -0.696. The molecule has 2 aromatic carbocycles. The standard InChI is InChI=1S/C27H35N3O3/c1-27(2,3)24(28)26(32)30-17-20(33-19-12-5-4-6-13-19)16-23(30)25(31)29-22-15-9-11-18-10-7-8-14-21(18)22/h4-8,10,12-14,20,22-24H,9,11,15-17,28H2,1-3H3,(H,29,31)/t20-,22+,23-,24+/m0/s1. The van der Waals surface area contributed by atoms with E-state index in [4.69, 9.17) is 10.5 Å². The number of carbonyl (C=O) groups is 2. The van der Waals surface area contributed by atoms with Gasteiger partial charge in [-0.05, 0) is 47.9 Å². The SMILES string of the molecule is CC(C)(C)[C@H](N)C(=O)N1C[C@@H](Oc2ccccc2)C[C@H]1C(=O)N[C@@H]1CCCc2ccccc21. The maximum atomic E-state index is 13.5. The molecule has 0 saturated carbocycles. The van der Waals surface area contributed by atoms with Crippen LogP contribution < -0.4 is 15.8 Å². The van der Waals surface area contributed by atoms with E-state index >= 15 is 0 Å². The van der Waals surface area contributed by atoms with Gasteiger partial charge in [0.2, 0.25) is 11.8 Å². The Balaban J connectivity index is 1.53. The van der Waals surface area contributed by atoms with E-state index in [0.717, 1.165) is 25.0 Å². The summed E-state index contributed by atoms with van der Waals surface area (Å²) in [6, 6.07) is 16.5. The van der Waals surface area contributed by atoms with Gasteiger partial charge in [0.1, 0.15) is 17.9 Å². The lowest BCUT2D eigenvalue weighted by Gasteiger charge is -2.33. The third-order valence-electron chi connectivity index (χ3n) is 6.78. The number of rotatable bonds is 5. The molecule has 0 aromatic heterocycles. The number of para-hydroxylation sites is 1. The Kier molecular flexibility index (Phi) is 6.75. The van der Waals surface area contributed by atoms with Crippen LogP contribution >= 0.6 is 0 Å². The van der Waals surface area contributed by atoms with Crippen molar-refractivity contribution < 1.29 is 14.3 Å². The Hall–Kier alpha value is -2.86. The topological polar surface area (TPSA) is 84.7 Å². The fourth-order valence-corrected chi connectivity index (χ4v) is 4.79. The minimum Gasteiger partial charge on any atom is -0.488 e. The number of likely N-dealkylation sites (tertiary alicyclic amines) is 1. The molecule has 0 radical (unpaired) electrons. The lowest BCUT2D eigenvalue weighted by Crippen LogP contribution is -2.55. The average molecular weight is 450 g/mol. The molecule has 176 valence electrons.